The van der Waals surface area contributed by atoms with Gasteiger partial charge in [0.25, 0.3) is 5.91 Å². The molecule has 2 N–H and O–H groups in total. The number of hydrogen-bond donors (Lipinski definition) is 2. The Kier molecular flexibility index (Phi) is 4.26. The fraction of sp³-hybridized carbons (Fsp3) is 0.190. The number of fused-ring (bicyclic) bond motifs is 1. The van der Waals surface area contributed by atoms with Crippen molar-refractivity contribution in [3.63, 3.8) is 0 Å². The normalized spacial score (nSPS) is 13.7. The zero-order valence-electron chi connectivity index (χ0n) is 16.1. The maximum atomic E-state index is 12.9. The molecule has 0 spiro atoms. The van der Waals surface area contributed by atoms with Crippen LogP contribution >= 0.6 is 0 Å². The number of carbonyl (C=O) groups is 1. The van der Waals surface area contributed by atoms with Gasteiger partial charge in [0, 0.05) is 30.5 Å². The number of nitriles is 1. The molecule has 0 bridgehead atoms. The molecular formula is C21H17N7O2. The van der Waals surface area contributed by atoms with Crippen molar-refractivity contribution in [1.29, 1.82) is 5.26 Å². The Morgan fingerprint density at radius 2 is 2.20 bits per heavy atom. The van der Waals surface area contributed by atoms with Gasteiger partial charge >= 0.3 is 0 Å². The summed E-state index contributed by atoms with van der Waals surface area (Å²) in [6, 6.07) is 11.0. The highest BCUT2D eigenvalue weighted by molar-refractivity contribution is 6.04. The second kappa shape index (κ2) is 7.09. The molecule has 0 aliphatic carbocycles. The van der Waals surface area contributed by atoms with Crippen molar-refractivity contribution < 1.29 is 9.32 Å². The second-order valence-corrected chi connectivity index (χ2v) is 7.19. The van der Waals surface area contributed by atoms with Crippen LogP contribution in [0.2, 0.25) is 0 Å². The zero-order chi connectivity index (χ0) is 20.7. The van der Waals surface area contributed by atoms with Gasteiger partial charge in [0.05, 0.1) is 23.7 Å². The Bertz CT molecular complexity index is 1310. The largest absolute Gasteiger partial charge is 0.339 e. The number of imidazole rings is 1. The maximum absolute atomic E-state index is 12.9. The highest BCUT2D eigenvalue weighted by Crippen LogP contribution is 2.26. The van der Waals surface area contributed by atoms with E-state index in [1.165, 1.54) is 6.20 Å². The second-order valence-electron chi connectivity index (χ2n) is 7.19. The van der Waals surface area contributed by atoms with Crippen LogP contribution in [0.1, 0.15) is 33.4 Å². The molecule has 9 heteroatoms. The smallest absolute Gasteiger partial charge is 0.274 e. The molecule has 0 unspecified atom stereocenters. The van der Waals surface area contributed by atoms with Crippen molar-refractivity contribution in [3.05, 3.63) is 65.4 Å². The SMILES string of the molecule is Cc1ccc(-c2noc(C3CNC3)n2)cc1NC(=O)c1cnc2cc(C#N)ccn12. The van der Waals surface area contributed by atoms with Crippen LogP contribution in [0.5, 0.6) is 0 Å². The van der Waals surface area contributed by atoms with E-state index in [4.69, 9.17) is 9.78 Å². The van der Waals surface area contributed by atoms with Gasteiger partial charge in [0.1, 0.15) is 11.3 Å². The number of carbonyl (C=O) groups excluding carboxylic acids is 1. The average Bonchev–Trinajstić information content (AvgIpc) is 3.35. The lowest BCUT2D eigenvalue weighted by atomic mass is 10.0. The summed E-state index contributed by atoms with van der Waals surface area (Å²) in [7, 11) is 0. The van der Waals surface area contributed by atoms with Crippen LogP contribution in [-0.2, 0) is 0 Å². The van der Waals surface area contributed by atoms with Crippen molar-refractivity contribution in [2.45, 2.75) is 12.8 Å². The van der Waals surface area contributed by atoms with Gasteiger partial charge in [-0.1, -0.05) is 17.3 Å². The number of nitrogens with zero attached hydrogens (tertiary/aromatic N) is 5. The van der Waals surface area contributed by atoms with Crippen LogP contribution in [0.15, 0.2) is 47.2 Å². The van der Waals surface area contributed by atoms with E-state index >= 15 is 0 Å². The lowest BCUT2D eigenvalue weighted by Gasteiger charge is -2.22. The molecule has 0 atom stereocenters. The molecule has 0 saturated carbocycles. The molecule has 5 rings (SSSR count). The molecular weight excluding hydrogens is 382 g/mol. The van der Waals surface area contributed by atoms with E-state index in [1.54, 1.807) is 22.7 Å². The van der Waals surface area contributed by atoms with Crippen LogP contribution in [0.3, 0.4) is 0 Å². The predicted molar refractivity (Wildman–Crippen MR) is 108 cm³/mol. The van der Waals surface area contributed by atoms with Crippen molar-refractivity contribution in [2.75, 3.05) is 18.4 Å². The minimum atomic E-state index is -0.304. The number of pyridine rings is 1. The third kappa shape index (κ3) is 3.09. The molecule has 4 aromatic rings. The number of benzene rings is 1. The molecule has 1 amide bonds. The summed E-state index contributed by atoms with van der Waals surface area (Å²) in [5.74, 6) is 1.07. The number of amides is 1. The number of rotatable bonds is 4. The van der Waals surface area contributed by atoms with E-state index in [2.05, 4.69) is 31.8 Å². The summed E-state index contributed by atoms with van der Waals surface area (Å²) in [6.45, 7) is 3.59. The first-order valence-corrected chi connectivity index (χ1v) is 9.46. The fourth-order valence-electron chi connectivity index (χ4n) is 3.28. The van der Waals surface area contributed by atoms with Crippen LogP contribution in [0, 0.1) is 18.3 Å². The van der Waals surface area contributed by atoms with E-state index in [0.717, 1.165) is 24.2 Å². The molecule has 148 valence electrons. The summed E-state index contributed by atoms with van der Waals surface area (Å²) in [4.78, 5) is 21.6. The van der Waals surface area contributed by atoms with Gasteiger partial charge in [0.15, 0.2) is 0 Å². The van der Waals surface area contributed by atoms with E-state index in [1.807, 2.05) is 25.1 Å². The number of nitrogens with one attached hydrogen (secondary N) is 2. The lowest BCUT2D eigenvalue weighted by Crippen LogP contribution is -2.40. The minimum absolute atomic E-state index is 0.257. The van der Waals surface area contributed by atoms with E-state index < -0.39 is 0 Å². The minimum Gasteiger partial charge on any atom is -0.339 e. The average molecular weight is 399 g/mol. The van der Waals surface area contributed by atoms with Gasteiger partial charge in [-0.15, -0.1) is 0 Å². The van der Waals surface area contributed by atoms with Gasteiger partial charge in [-0.3, -0.25) is 9.20 Å². The summed E-state index contributed by atoms with van der Waals surface area (Å²) in [5, 5.41) is 19.2. The van der Waals surface area contributed by atoms with Crippen molar-refractivity contribution >= 4 is 17.2 Å². The van der Waals surface area contributed by atoms with E-state index in [-0.39, 0.29) is 11.8 Å². The first-order chi connectivity index (χ1) is 14.6. The monoisotopic (exact) mass is 399 g/mol. The molecule has 1 saturated heterocycles. The zero-order valence-corrected chi connectivity index (χ0v) is 16.1. The third-order valence-electron chi connectivity index (χ3n) is 5.19. The number of hydrogen-bond acceptors (Lipinski definition) is 7. The topological polar surface area (TPSA) is 121 Å². The summed E-state index contributed by atoms with van der Waals surface area (Å²) in [5.41, 5.74) is 3.71. The van der Waals surface area contributed by atoms with Gasteiger partial charge in [-0.25, -0.2) is 4.98 Å². The standard InChI is InChI=1S/C21H17N7O2/c1-12-2-3-14(19-26-21(30-27-19)15-9-23-10-15)7-16(12)25-20(29)17-11-24-18-6-13(8-22)4-5-28(17)18/h2-7,11,15,23H,9-10H2,1H3,(H,25,29). The molecule has 30 heavy (non-hydrogen) atoms. The molecule has 1 fully saturated rings. The van der Waals surface area contributed by atoms with Gasteiger partial charge in [-0.05, 0) is 30.7 Å². The molecule has 0 radical (unpaired) electrons. The van der Waals surface area contributed by atoms with Crippen LogP contribution in [0.4, 0.5) is 5.69 Å². The Morgan fingerprint density at radius 1 is 1.33 bits per heavy atom. The summed E-state index contributed by atoms with van der Waals surface area (Å²) >= 11 is 0. The van der Waals surface area contributed by atoms with Crippen LogP contribution in [-0.4, -0.2) is 38.5 Å². The number of aromatic nitrogens is 4. The Labute approximate surface area is 171 Å². The third-order valence-corrected chi connectivity index (χ3v) is 5.19. The van der Waals surface area contributed by atoms with Crippen molar-refractivity contribution in [2.24, 2.45) is 0 Å². The van der Waals surface area contributed by atoms with Crippen LogP contribution in [0.25, 0.3) is 17.0 Å². The highest BCUT2D eigenvalue weighted by Gasteiger charge is 2.25. The summed E-state index contributed by atoms with van der Waals surface area (Å²) < 4.78 is 7.02. The lowest BCUT2D eigenvalue weighted by molar-refractivity contribution is 0.102. The number of aryl methyl sites for hydroxylation is 1. The first kappa shape index (κ1) is 18.0. The first-order valence-electron chi connectivity index (χ1n) is 9.46. The fourth-order valence-corrected chi connectivity index (χ4v) is 3.28. The highest BCUT2D eigenvalue weighted by atomic mass is 16.5. The van der Waals surface area contributed by atoms with Gasteiger partial charge in [-0.2, -0.15) is 10.2 Å². The maximum Gasteiger partial charge on any atom is 0.274 e. The van der Waals surface area contributed by atoms with Crippen molar-refractivity contribution in [3.8, 4) is 17.5 Å². The number of anilines is 1. The van der Waals surface area contributed by atoms with E-state index in [0.29, 0.717) is 34.3 Å². The molecule has 1 aliphatic heterocycles. The Morgan fingerprint density at radius 3 is 2.97 bits per heavy atom. The summed E-state index contributed by atoms with van der Waals surface area (Å²) in [6.07, 6.45) is 3.15. The van der Waals surface area contributed by atoms with Gasteiger partial charge in [0.2, 0.25) is 11.7 Å². The molecule has 9 nitrogen and oxygen atoms in total. The van der Waals surface area contributed by atoms with E-state index in [9.17, 15) is 4.79 Å². The predicted octanol–water partition coefficient (Wildman–Crippen LogP) is 2.50. The quantitative estimate of drug-likeness (QED) is 0.541. The Balaban J connectivity index is 1.42. The molecule has 1 aromatic carbocycles. The molecule has 3 aromatic heterocycles. The van der Waals surface area contributed by atoms with Crippen molar-refractivity contribution in [1.82, 2.24) is 24.8 Å². The molecule has 4 heterocycles. The Hall–Kier alpha value is -4.03. The van der Waals surface area contributed by atoms with Crippen LogP contribution < -0.4 is 10.6 Å². The van der Waals surface area contributed by atoms with Gasteiger partial charge < -0.3 is 15.2 Å². The molecule has 1 aliphatic rings.